The summed E-state index contributed by atoms with van der Waals surface area (Å²) in [6, 6.07) is 60.3. The van der Waals surface area contributed by atoms with E-state index < -0.39 is 0 Å². The van der Waals surface area contributed by atoms with Crippen molar-refractivity contribution < 1.29 is 0 Å². The van der Waals surface area contributed by atoms with Gasteiger partial charge in [0.15, 0.2) is 17.5 Å². The number of hydrogen-bond donors (Lipinski definition) is 0. The third kappa shape index (κ3) is 4.56. The molecule has 0 bridgehead atoms. The Morgan fingerprint density at radius 3 is 1.43 bits per heavy atom. The van der Waals surface area contributed by atoms with Crippen molar-refractivity contribution in [3.63, 3.8) is 0 Å². The summed E-state index contributed by atoms with van der Waals surface area (Å²) in [5.74, 6) is 1.85. The van der Waals surface area contributed by atoms with E-state index in [4.69, 9.17) is 15.0 Å². The predicted molar refractivity (Wildman–Crippen MR) is 228 cm³/mol. The van der Waals surface area contributed by atoms with Gasteiger partial charge in [-0.3, -0.25) is 4.98 Å². The normalized spacial score (nSPS) is 11.9. The van der Waals surface area contributed by atoms with Crippen LogP contribution in [-0.2, 0) is 0 Å². The average molecular weight is 715 g/mol. The van der Waals surface area contributed by atoms with Gasteiger partial charge in [-0.1, -0.05) is 91.0 Å². The van der Waals surface area contributed by atoms with Gasteiger partial charge in [0.05, 0.1) is 27.6 Å². The zero-order chi connectivity index (χ0) is 36.7. The van der Waals surface area contributed by atoms with Crippen molar-refractivity contribution in [2.45, 2.75) is 0 Å². The van der Waals surface area contributed by atoms with E-state index >= 15 is 0 Å². The van der Waals surface area contributed by atoms with Crippen molar-refractivity contribution >= 4 is 59.9 Å². The van der Waals surface area contributed by atoms with Gasteiger partial charge in [0.25, 0.3) is 0 Å². The topological polar surface area (TPSA) is 60.9 Å². The maximum atomic E-state index is 5.06. The van der Waals surface area contributed by atoms with Crippen molar-refractivity contribution in [1.29, 1.82) is 0 Å². The summed E-state index contributed by atoms with van der Waals surface area (Å²) in [5, 5.41) is 7.37. The molecule has 12 rings (SSSR count). The molecule has 0 radical (unpaired) electrons. The average Bonchev–Trinajstić information content (AvgIpc) is 3.91. The Morgan fingerprint density at radius 1 is 0.321 bits per heavy atom. The Kier molecular flexibility index (Phi) is 6.53. The molecule has 7 aromatic carbocycles. The molecule has 0 atom stereocenters. The van der Waals surface area contributed by atoms with Gasteiger partial charge in [-0.15, -0.1) is 0 Å². The van der Waals surface area contributed by atoms with Crippen LogP contribution in [-0.4, -0.2) is 28.9 Å². The molecule has 0 fully saturated rings. The number of pyridine rings is 1. The molecule has 5 aromatic heterocycles. The standard InChI is InChI=1S/C50H30N6/c1-3-11-31(12-4-1)48-52-49(32-23-25-51-26-24-32)54-50(53-48)34-20-22-46-40(28-34)39-27-33(19-21-45(39)55(46)36-13-5-2-6-14-36)35-29-41-37-15-7-9-17-43(37)56-44-18-10-8-16-38(44)42(30-35)47(41)56/h1-30H. The van der Waals surface area contributed by atoms with Gasteiger partial charge in [0.1, 0.15) is 0 Å². The van der Waals surface area contributed by atoms with Gasteiger partial charge in [-0.05, 0) is 90.0 Å². The van der Waals surface area contributed by atoms with Crippen molar-refractivity contribution in [1.82, 2.24) is 28.9 Å². The molecular weight excluding hydrogens is 685 g/mol. The minimum absolute atomic E-state index is 0.608. The van der Waals surface area contributed by atoms with Crippen LogP contribution in [0.3, 0.4) is 0 Å². The number of hydrogen-bond acceptors (Lipinski definition) is 4. The molecule has 0 saturated heterocycles. The van der Waals surface area contributed by atoms with E-state index in [1.165, 1.54) is 49.2 Å². The summed E-state index contributed by atoms with van der Waals surface area (Å²) in [4.78, 5) is 19.2. The minimum Gasteiger partial charge on any atom is -0.309 e. The molecule has 6 heteroatoms. The fourth-order valence-electron chi connectivity index (χ4n) is 8.66. The number of aromatic nitrogens is 6. The fraction of sp³-hybridized carbons (Fsp3) is 0. The predicted octanol–water partition coefficient (Wildman–Crippen LogP) is 12.2. The van der Waals surface area contributed by atoms with Gasteiger partial charge in [0.2, 0.25) is 0 Å². The Balaban J connectivity index is 1.11. The lowest BCUT2D eigenvalue weighted by molar-refractivity contribution is 1.07. The van der Waals surface area contributed by atoms with Crippen LogP contribution >= 0.6 is 0 Å². The third-order valence-corrected chi connectivity index (χ3v) is 11.2. The highest BCUT2D eigenvalue weighted by molar-refractivity contribution is 6.24. The lowest BCUT2D eigenvalue weighted by Gasteiger charge is -2.09. The quantitative estimate of drug-likeness (QED) is 0.178. The molecule has 0 amide bonds. The SMILES string of the molecule is c1ccc(-c2nc(-c3ccncc3)nc(-c3ccc4c(c3)c3cc(-c5cc6c7ccccc7n7c8ccccc8c(c5)c67)ccc3n4-c3ccccc3)n2)cc1. The van der Waals surface area contributed by atoms with Crippen LogP contribution in [0.2, 0.25) is 0 Å². The maximum Gasteiger partial charge on any atom is 0.164 e. The largest absolute Gasteiger partial charge is 0.309 e. The molecule has 5 heterocycles. The van der Waals surface area contributed by atoms with Gasteiger partial charge in [-0.25, -0.2) is 15.0 Å². The van der Waals surface area contributed by atoms with Crippen LogP contribution in [0.4, 0.5) is 0 Å². The Morgan fingerprint density at radius 2 is 0.804 bits per heavy atom. The highest BCUT2D eigenvalue weighted by Gasteiger charge is 2.20. The Bertz CT molecular complexity index is 3320. The minimum atomic E-state index is 0.608. The molecule has 0 N–H and O–H groups in total. The summed E-state index contributed by atoms with van der Waals surface area (Å²) >= 11 is 0. The first kappa shape index (κ1) is 30.7. The Labute approximate surface area is 321 Å². The van der Waals surface area contributed by atoms with E-state index in [0.717, 1.165) is 44.2 Å². The second-order valence-electron chi connectivity index (χ2n) is 14.3. The van der Waals surface area contributed by atoms with Crippen molar-refractivity contribution in [2.75, 3.05) is 0 Å². The Hall–Kier alpha value is -7.70. The van der Waals surface area contributed by atoms with E-state index in [0.29, 0.717) is 17.5 Å². The fourth-order valence-corrected chi connectivity index (χ4v) is 8.66. The summed E-state index contributed by atoms with van der Waals surface area (Å²) in [5.41, 5.74) is 12.2. The van der Waals surface area contributed by atoms with Crippen molar-refractivity contribution in [3.05, 3.63) is 182 Å². The highest BCUT2D eigenvalue weighted by Crippen LogP contribution is 2.43. The van der Waals surface area contributed by atoms with Gasteiger partial charge in [-0.2, -0.15) is 0 Å². The lowest BCUT2D eigenvalue weighted by Crippen LogP contribution is -2.00. The molecule has 0 aliphatic rings. The highest BCUT2D eigenvalue weighted by atomic mass is 15.0. The second-order valence-corrected chi connectivity index (χ2v) is 14.3. The molecular formula is C50H30N6. The van der Waals surface area contributed by atoms with E-state index in [2.05, 4.69) is 141 Å². The number of benzene rings is 7. The number of para-hydroxylation sites is 3. The second kappa shape index (κ2) is 11.9. The first-order valence-corrected chi connectivity index (χ1v) is 18.8. The third-order valence-electron chi connectivity index (χ3n) is 11.2. The number of rotatable bonds is 5. The van der Waals surface area contributed by atoms with E-state index in [-0.39, 0.29) is 0 Å². The van der Waals surface area contributed by atoms with Gasteiger partial charge >= 0.3 is 0 Å². The summed E-state index contributed by atoms with van der Waals surface area (Å²) in [6.07, 6.45) is 3.54. The molecule has 0 aliphatic heterocycles. The van der Waals surface area contributed by atoms with Crippen LogP contribution in [0, 0.1) is 0 Å². The molecule has 0 aliphatic carbocycles. The van der Waals surface area contributed by atoms with Crippen LogP contribution in [0.1, 0.15) is 0 Å². The van der Waals surface area contributed by atoms with E-state index in [1.54, 1.807) is 12.4 Å². The zero-order valence-corrected chi connectivity index (χ0v) is 30.0. The summed E-state index contributed by atoms with van der Waals surface area (Å²) in [7, 11) is 0. The first-order chi connectivity index (χ1) is 27.8. The van der Waals surface area contributed by atoms with Crippen LogP contribution in [0.5, 0.6) is 0 Å². The molecule has 260 valence electrons. The van der Waals surface area contributed by atoms with Crippen molar-refractivity contribution in [3.8, 4) is 51.0 Å². The van der Waals surface area contributed by atoms with E-state index in [9.17, 15) is 0 Å². The van der Waals surface area contributed by atoms with Crippen LogP contribution < -0.4 is 0 Å². The smallest absolute Gasteiger partial charge is 0.164 e. The van der Waals surface area contributed by atoms with Crippen LogP contribution in [0.15, 0.2) is 182 Å². The summed E-state index contributed by atoms with van der Waals surface area (Å²) in [6.45, 7) is 0. The molecule has 56 heavy (non-hydrogen) atoms. The van der Waals surface area contributed by atoms with Gasteiger partial charge < -0.3 is 8.97 Å². The van der Waals surface area contributed by atoms with Crippen molar-refractivity contribution in [2.24, 2.45) is 0 Å². The number of fused-ring (bicyclic) bond motifs is 9. The molecule has 0 saturated carbocycles. The zero-order valence-electron chi connectivity index (χ0n) is 30.0. The van der Waals surface area contributed by atoms with Crippen LogP contribution in [0.25, 0.3) is 111 Å². The number of nitrogens with zero attached hydrogens (tertiary/aromatic N) is 6. The molecule has 6 nitrogen and oxygen atoms in total. The maximum absolute atomic E-state index is 5.06. The first-order valence-electron chi connectivity index (χ1n) is 18.8. The van der Waals surface area contributed by atoms with Gasteiger partial charge in [0, 0.05) is 67.1 Å². The lowest BCUT2D eigenvalue weighted by atomic mass is 9.98. The molecule has 0 unspecified atom stereocenters. The molecule has 12 aromatic rings. The van der Waals surface area contributed by atoms with E-state index in [1.807, 2.05) is 42.5 Å². The summed E-state index contributed by atoms with van der Waals surface area (Å²) < 4.78 is 4.79. The molecule has 0 spiro atoms. The monoisotopic (exact) mass is 714 g/mol.